The Labute approximate surface area is 196 Å². The van der Waals surface area contributed by atoms with Crippen molar-refractivity contribution in [3.05, 3.63) is 60.3 Å². The van der Waals surface area contributed by atoms with Crippen LogP contribution in [0.5, 0.6) is 5.75 Å². The number of pyridine rings is 2. The number of anilines is 3. The Hall–Kier alpha value is -3.79. The van der Waals surface area contributed by atoms with Gasteiger partial charge in [0.2, 0.25) is 5.91 Å². The van der Waals surface area contributed by atoms with E-state index in [1.165, 1.54) is 50.0 Å². The van der Waals surface area contributed by atoms with Crippen molar-refractivity contribution in [1.29, 1.82) is 0 Å². The Kier molecular flexibility index (Phi) is 7.95. The summed E-state index contributed by atoms with van der Waals surface area (Å²) in [5.74, 6) is -0.960. The summed E-state index contributed by atoms with van der Waals surface area (Å²) >= 11 is 0. The van der Waals surface area contributed by atoms with Gasteiger partial charge < -0.3 is 21.5 Å². The first-order valence-corrected chi connectivity index (χ1v) is 10.8. The third-order valence-electron chi connectivity index (χ3n) is 5.36. The molecule has 0 saturated carbocycles. The molecule has 8 nitrogen and oxygen atoms in total. The molecular weight excluding hydrogens is 442 g/mol. The molecule has 0 unspecified atom stereocenters. The van der Waals surface area contributed by atoms with E-state index < -0.39 is 11.7 Å². The number of carbonyl (C=O) groups excluding carboxylic acids is 1. The van der Waals surface area contributed by atoms with Gasteiger partial charge in [-0.15, -0.1) is 0 Å². The molecule has 0 aliphatic heterocycles. The molecule has 1 aromatic carbocycles. The lowest BCUT2D eigenvalue weighted by atomic mass is 10.0. The third-order valence-corrected chi connectivity index (χ3v) is 5.36. The number of hydrogen-bond acceptors (Lipinski definition) is 7. The molecule has 10 heteroatoms. The second-order valence-electron chi connectivity index (χ2n) is 7.91. The van der Waals surface area contributed by atoms with Crippen molar-refractivity contribution in [2.24, 2.45) is 11.5 Å². The highest BCUT2D eigenvalue weighted by atomic mass is 19.2. The summed E-state index contributed by atoms with van der Waals surface area (Å²) in [5.41, 5.74) is 12.2. The van der Waals surface area contributed by atoms with Gasteiger partial charge in [-0.05, 0) is 37.6 Å². The van der Waals surface area contributed by atoms with E-state index in [-0.39, 0.29) is 40.3 Å². The molecule has 2 aromatic heterocycles. The number of carbonyl (C=O) groups is 1. The minimum Gasteiger partial charge on any atom is -0.497 e. The number of primary amides is 1. The van der Waals surface area contributed by atoms with Crippen LogP contribution in [0.15, 0.2) is 48.9 Å². The summed E-state index contributed by atoms with van der Waals surface area (Å²) in [4.78, 5) is 19.8. The van der Waals surface area contributed by atoms with Gasteiger partial charge in [0, 0.05) is 29.9 Å². The van der Waals surface area contributed by atoms with Crippen LogP contribution in [0.3, 0.4) is 0 Å². The summed E-state index contributed by atoms with van der Waals surface area (Å²) in [6.07, 6.45) is 5.53. The molecule has 0 fully saturated rings. The van der Waals surface area contributed by atoms with Crippen molar-refractivity contribution < 1.29 is 18.4 Å². The van der Waals surface area contributed by atoms with Crippen molar-refractivity contribution >= 4 is 23.0 Å². The molecule has 1 amide bonds. The lowest BCUT2D eigenvalue weighted by Crippen LogP contribution is -2.38. The monoisotopic (exact) mass is 470 g/mol. The molecule has 180 valence electrons. The predicted molar refractivity (Wildman–Crippen MR) is 128 cm³/mol. The van der Waals surface area contributed by atoms with Crippen LogP contribution in [0.25, 0.3) is 11.3 Å². The maximum absolute atomic E-state index is 15.8. The number of methoxy groups -OCH3 is 1. The minimum absolute atomic E-state index is 0.0282. The number of rotatable bonds is 10. The van der Waals surface area contributed by atoms with Crippen LogP contribution in [0.2, 0.25) is 0 Å². The molecule has 0 aliphatic carbocycles. The Morgan fingerprint density at radius 2 is 2.00 bits per heavy atom. The van der Waals surface area contributed by atoms with Gasteiger partial charge in [0.05, 0.1) is 42.1 Å². The van der Waals surface area contributed by atoms with Gasteiger partial charge in [0.15, 0.2) is 0 Å². The molecule has 2 atom stereocenters. The molecule has 0 saturated heterocycles. The fourth-order valence-corrected chi connectivity index (χ4v) is 3.48. The van der Waals surface area contributed by atoms with E-state index in [1.807, 2.05) is 13.8 Å². The zero-order valence-electron chi connectivity index (χ0n) is 19.3. The average Bonchev–Trinajstić information content (AvgIpc) is 2.83. The molecule has 2 heterocycles. The molecule has 0 radical (unpaired) electrons. The maximum Gasteiger partial charge on any atom is 0.250 e. The highest BCUT2D eigenvalue weighted by Crippen LogP contribution is 2.37. The Morgan fingerprint density at radius 1 is 1.24 bits per heavy atom. The van der Waals surface area contributed by atoms with E-state index in [4.69, 9.17) is 16.2 Å². The van der Waals surface area contributed by atoms with Gasteiger partial charge in [-0.3, -0.25) is 14.8 Å². The first-order chi connectivity index (χ1) is 16.2. The van der Waals surface area contributed by atoms with Crippen molar-refractivity contribution in [1.82, 2.24) is 9.97 Å². The van der Waals surface area contributed by atoms with E-state index in [0.717, 1.165) is 12.8 Å². The van der Waals surface area contributed by atoms with Gasteiger partial charge in [-0.2, -0.15) is 5.12 Å². The molecule has 3 aromatic rings. The summed E-state index contributed by atoms with van der Waals surface area (Å²) in [6.45, 7) is 3.88. The molecular formula is C24H28F2N6O2. The number of nitrogens with one attached hydrogen (secondary N) is 1. The van der Waals surface area contributed by atoms with Crippen molar-refractivity contribution in [2.45, 2.75) is 38.8 Å². The largest absolute Gasteiger partial charge is 0.497 e. The number of nitrogens with two attached hydrogens (primary N) is 2. The summed E-state index contributed by atoms with van der Waals surface area (Å²) < 4.78 is 35.5. The van der Waals surface area contributed by atoms with Crippen LogP contribution in [0.1, 0.15) is 37.0 Å². The lowest BCUT2D eigenvalue weighted by molar-refractivity contribution is 0.1000. The second kappa shape index (κ2) is 10.9. The topological polar surface area (TPSA) is 119 Å². The van der Waals surface area contributed by atoms with Gasteiger partial charge in [-0.1, -0.05) is 17.8 Å². The summed E-state index contributed by atoms with van der Waals surface area (Å²) in [6, 6.07) is 6.64. The quantitative estimate of drug-likeness (QED) is 0.377. The Bertz CT molecular complexity index is 1160. The van der Waals surface area contributed by atoms with Crippen LogP contribution in [-0.2, 0) is 0 Å². The fourth-order valence-electron chi connectivity index (χ4n) is 3.48. The van der Waals surface area contributed by atoms with E-state index >= 15 is 4.48 Å². The van der Waals surface area contributed by atoms with Gasteiger partial charge in [0.25, 0.3) is 0 Å². The van der Waals surface area contributed by atoms with Crippen LogP contribution < -0.4 is 26.6 Å². The number of aromatic nitrogens is 2. The van der Waals surface area contributed by atoms with Crippen LogP contribution in [0, 0.1) is 5.82 Å². The number of ether oxygens (including phenoxy) is 1. The number of nitrogens with zero attached hydrogens (tertiary/aromatic N) is 3. The minimum atomic E-state index is -0.739. The number of benzene rings is 1. The van der Waals surface area contributed by atoms with E-state index in [1.54, 1.807) is 6.07 Å². The van der Waals surface area contributed by atoms with Gasteiger partial charge in [0.1, 0.15) is 17.3 Å². The number of hydrogen-bond donors (Lipinski definition) is 3. The Morgan fingerprint density at radius 3 is 2.62 bits per heavy atom. The molecule has 0 aliphatic rings. The van der Waals surface area contributed by atoms with E-state index in [0.29, 0.717) is 16.6 Å². The number of amides is 1. The average molecular weight is 471 g/mol. The number of halogens is 2. The normalized spacial score (nSPS) is 12.6. The molecule has 0 spiro atoms. The highest BCUT2D eigenvalue weighted by molar-refractivity contribution is 5.93. The highest BCUT2D eigenvalue weighted by Gasteiger charge is 2.21. The van der Waals surface area contributed by atoms with Crippen LogP contribution in [0.4, 0.5) is 25.9 Å². The smallest absolute Gasteiger partial charge is 0.250 e. The van der Waals surface area contributed by atoms with Gasteiger partial charge in [-0.25, -0.2) is 4.39 Å². The van der Waals surface area contributed by atoms with Crippen LogP contribution >= 0.6 is 0 Å². The molecule has 5 N–H and O–H groups in total. The maximum atomic E-state index is 15.8. The first kappa shape index (κ1) is 24.8. The Balaban J connectivity index is 2.11. The third kappa shape index (κ3) is 5.57. The van der Waals surface area contributed by atoms with Crippen molar-refractivity contribution in [2.75, 3.05) is 17.5 Å². The van der Waals surface area contributed by atoms with E-state index in [9.17, 15) is 9.18 Å². The summed E-state index contributed by atoms with van der Waals surface area (Å²) in [7, 11) is 1.44. The molecule has 0 bridgehead atoms. The molecule has 3 rings (SSSR count). The SMILES string of the molecule is CCC[C@@H](Nc1cnc(-c2ccc(OC)cc2F)cc1N(F)c1cncc(C(N)=O)c1)[C@H](C)N. The van der Waals surface area contributed by atoms with Crippen molar-refractivity contribution in [3.63, 3.8) is 0 Å². The second-order valence-corrected chi connectivity index (χ2v) is 7.91. The zero-order valence-corrected chi connectivity index (χ0v) is 19.3. The fraction of sp³-hybridized carbons (Fsp3) is 0.292. The van der Waals surface area contributed by atoms with Crippen LogP contribution in [-0.4, -0.2) is 35.1 Å². The first-order valence-electron chi connectivity index (χ1n) is 10.8. The lowest BCUT2D eigenvalue weighted by Gasteiger charge is -2.26. The molecule has 34 heavy (non-hydrogen) atoms. The van der Waals surface area contributed by atoms with Gasteiger partial charge >= 0.3 is 0 Å². The van der Waals surface area contributed by atoms with Crippen molar-refractivity contribution in [3.8, 4) is 17.0 Å². The van der Waals surface area contributed by atoms with E-state index in [2.05, 4.69) is 15.3 Å². The summed E-state index contributed by atoms with van der Waals surface area (Å²) in [5, 5.41) is 3.60. The predicted octanol–water partition coefficient (Wildman–Crippen LogP) is 4.34. The zero-order chi connectivity index (χ0) is 24.8. The standard InChI is InChI=1S/C24H28F2N6O2/c1-4-5-20(14(2)27)31-22-13-30-21(18-7-6-17(34-3)9-19(18)25)10-23(22)32(26)16-8-15(24(28)33)11-29-12-16/h6-14,20,31H,4-5,27H2,1-3H3,(H2,28,33)/t14-,20+/m0/s1.